The monoisotopic (exact) mass is 351 g/mol. The topological polar surface area (TPSA) is 38.3 Å². The third kappa shape index (κ3) is 4.66. The summed E-state index contributed by atoms with van der Waals surface area (Å²) in [5, 5.41) is 3.12. The highest BCUT2D eigenvalue weighted by molar-refractivity contribution is 5.69. The SMILES string of the molecule is CC(C)(C)OC(=O)NC1(c2ccc(CCc3ccccc3)cc2)CCC1. The van der Waals surface area contributed by atoms with E-state index in [0.717, 1.165) is 32.1 Å². The van der Waals surface area contributed by atoms with E-state index in [1.165, 1.54) is 16.7 Å². The van der Waals surface area contributed by atoms with E-state index in [0.29, 0.717) is 0 Å². The average molecular weight is 351 g/mol. The molecular weight excluding hydrogens is 322 g/mol. The van der Waals surface area contributed by atoms with Crippen molar-refractivity contribution < 1.29 is 9.53 Å². The summed E-state index contributed by atoms with van der Waals surface area (Å²) in [6.45, 7) is 5.67. The maximum Gasteiger partial charge on any atom is 0.408 e. The molecule has 1 fully saturated rings. The van der Waals surface area contributed by atoms with Crippen LogP contribution in [0.15, 0.2) is 54.6 Å². The quantitative estimate of drug-likeness (QED) is 0.786. The molecule has 3 heteroatoms. The first-order chi connectivity index (χ1) is 12.4. The fourth-order valence-corrected chi connectivity index (χ4v) is 3.44. The number of benzene rings is 2. The fraction of sp³-hybridized carbons (Fsp3) is 0.435. The highest BCUT2D eigenvalue weighted by Gasteiger charge is 2.41. The average Bonchev–Trinajstić information content (AvgIpc) is 2.56. The molecule has 3 rings (SSSR count). The molecule has 1 N–H and O–H groups in total. The first kappa shape index (κ1) is 18.5. The highest BCUT2D eigenvalue weighted by atomic mass is 16.6. The van der Waals surface area contributed by atoms with Gasteiger partial charge >= 0.3 is 6.09 Å². The lowest BCUT2D eigenvalue weighted by Gasteiger charge is -2.43. The van der Waals surface area contributed by atoms with Gasteiger partial charge in [0.2, 0.25) is 0 Å². The van der Waals surface area contributed by atoms with Crippen molar-refractivity contribution in [1.82, 2.24) is 5.32 Å². The molecule has 2 aromatic rings. The van der Waals surface area contributed by atoms with Crippen LogP contribution in [0.25, 0.3) is 0 Å². The Labute approximate surface area is 156 Å². The fourth-order valence-electron chi connectivity index (χ4n) is 3.44. The number of alkyl carbamates (subject to hydrolysis) is 1. The molecule has 2 aromatic carbocycles. The molecule has 138 valence electrons. The van der Waals surface area contributed by atoms with Gasteiger partial charge in [-0.25, -0.2) is 4.79 Å². The lowest BCUT2D eigenvalue weighted by molar-refractivity contribution is 0.0377. The predicted octanol–water partition coefficient (Wildman–Crippen LogP) is 5.38. The Kier molecular flexibility index (Phi) is 5.36. The Morgan fingerprint density at radius 3 is 2.04 bits per heavy atom. The Hall–Kier alpha value is -2.29. The number of carbonyl (C=O) groups excluding carboxylic acids is 1. The van der Waals surface area contributed by atoms with Crippen LogP contribution >= 0.6 is 0 Å². The molecule has 0 radical (unpaired) electrons. The van der Waals surface area contributed by atoms with Crippen molar-refractivity contribution in [3.05, 3.63) is 71.3 Å². The lowest BCUT2D eigenvalue weighted by Crippen LogP contribution is -2.52. The van der Waals surface area contributed by atoms with Gasteiger partial charge in [0.05, 0.1) is 5.54 Å². The summed E-state index contributed by atoms with van der Waals surface area (Å²) in [5.41, 5.74) is 3.12. The van der Waals surface area contributed by atoms with Crippen molar-refractivity contribution in [2.75, 3.05) is 0 Å². The first-order valence-corrected chi connectivity index (χ1v) is 9.51. The number of nitrogens with one attached hydrogen (secondary N) is 1. The van der Waals surface area contributed by atoms with Gasteiger partial charge in [0.1, 0.15) is 5.60 Å². The normalized spacial score (nSPS) is 15.8. The minimum Gasteiger partial charge on any atom is -0.444 e. The molecule has 1 aliphatic carbocycles. The summed E-state index contributed by atoms with van der Waals surface area (Å²) < 4.78 is 5.45. The summed E-state index contributed by atoms with van der Waals surface area (Å²) >= 11 is 0. The molecule has 0 aliphatic heterocycles. The molecule has 1 aliphatic rings. The van der Waals surface area contributed by atoms with Crippen molar-refractivity contribution >= 4 is 6.09 Å². The second-order valence-electron chi connectivity index (χ2n) is 8.25. The van der Waals surface area contributed by atoms with Crippen LogP contribution in [0.3, 0.4) is 0 Å². The van der Waals surface area contributed by atoms with Gasteiger partial charge in [-0.15, -0.1) is 0 Å². The Morgan fingerprint density at radius 2 is 1.54 bits per heavy atom. The van der Waals surface area contributed by atoms with Crippen LogP contribution in [-0.2, 0) is 23.1 Å². The zero-order valence-electron chi connectivity index (χ0n) is 16.0. The van der Waals surface area contributed by atoms with E-state index in [1.807, 2.05) is 26.8 Å². The predicted molar refractivity (Wildman–Crippen MR) is 105 cm³/mol. The highest BCUT2D eigenvalue weighted by Crippen LogP contribution is 2.41. The van der Waals surface area contributed by atoms with Crippen molar-refractivity contribution in [3.63, 3.8) is 0 Å². The van der Waals surface area contributed by atoms with E-state index in [4.69, 9.17) is 4.74 Å². The number of hydrogen-bond acceptors (Lipinski definition) is 2. The first-order valence-electron chi connectivity index (χ1n) is 9.51. The van der Waals surface area contributed by atoms with Gasteiger partial charge in [-0.2, -0.15) is 0 Å². The van der Waals surface area contributed by atoms with Gasteiger partial charge in [-0.05, 0) is 69.6 Å². The Bertz CT molecular complexity index is 725. The number of rotatable bonds is 5. The van der Waals surface area contributed by atoms with Gasteiger partial charge in [0.25, 0.3) is 0 Å². The second kappa shape index (κ2) is 7.53. The maximum atomic E-state index is 12.2. The summed E-state index contributed by atoms with van der Waals surface area (Å²) in [7, 11) is 0. The summed E-state index contributed by atoms with van der Waals surface area (Å²) in [5.74, 6) is 0. The van der Waals surface area contributed by atoms with E-state index in [-0.39, 0.29) is 11.6 Å². The number of amides is 1. The molecule has 0 saturated heterocycles. The third-order valence-electron chi connectivity index (χ3n) is 5.00. The largest absolute Gasteiger partial charge is 0.444 e. The number of hydrogen-bond donors (Lipinski definition) is 1. The smallest absolute Gasteiger partial charge is 0.408 e. The number of aryl methyl sites for hydroxylation is 2. The van der Waals surface area contributed by atoms with Crippen LogP contribution in [0.1, 0.15) is 56.7 Å². The van der Waals surface area contributed by atoms with Crippen LogP contribution in [-0.4, -0.2) is 11.7 Å². The van der Waals surface area contributed by atoms with Crippen LogP contribution in [0.5, 0.6) is 0 Å². The minimum atomic E-state index is -0.476. The molecule has 3 nitrogen and oxygen atoms in total. The molecular formula is C23H29NO2. The molecule has 1 amide bonds. The van der Waals surface area contributed by atoms with Gasteiger partial charge < -0.3 is 10.1 Å². The van der Waals surface area contributed by atoms with E-state index in [2.05, 4.69) is 53.8 Å². The molecule has 26 heavy (non-hydrogen) atoms. The number of ether oxygens (including phenoxy) is 1. The molecule has 0 bridgehead atoms. The van der Waals surface area contributed by atoms with Crippen LogP contribution in [0.2, 0.25) is 0 Å². The lowest BCUT2D eigenvalue weighted by atomic mass is 9.71. The molecule has 0 heterocycles. The van der Waals surface area contributed by atoms with Crippen LogP contribution in [0.4, 0.5) is 4.79 Å². The summed E-state index contributed by atoms with van der Waals surface area (Å²) in [6, 6.07) is 19.3. The van der Waals surface area contributed by atoms with Gasteiger partial charge in [-0.3, -0.25) is 0 Å². The van der Waals surface area contributed by atoms with Crippen LogP contribution in [0, 0.1) is 0 Å². The summed E-state index contributed by atoms with van der Waals surface area (Å²) in [4.78, 5) is 12.2. The molecule has 0 unspecified atom stereocenters. The maximum absolute atomic E-state index is 12.2. The van der Waals surface area contributed by atoms with Crippen LogP contribution < -0.4 is 5.32 Å². The Morgan fingerprint density at radius 1 is 0.962 bits per heavy atom. The van der Waals surface area contributed by atoms with Gasteiger partial charge in [-0.1, -0.05) is 54.6 Å². The third-order valence-corrected chi connectivity index (χ3v) is 5.00. The van der Waals surface area contributed by atoms with E-state index >= 15 is 0 Å². The van der Waals surface area contributed by atoms with Crippen molar-refractivity contribution in [2.45, 2.75) is 64.0 Å². The molecule has 0 aromatic heterocycles. The number of carbonyl (C=O) groups is 1. The standard InChI is InChI=1S/C23H29NO2/c1-22(2,3)26-21(25)24-23(16-7-17-23)20-14-12-19(13-15-20)11-10-18-8-5-4-6-9-18/h4-6,8-9,12-15H,7,10-11,16-17H2,1-3H3,(H,24,25). The van der Waals surface area contributed by atoms with Gasteiger partial charge in [0.15, 0.2) is 0 Å². The van der Waals surface area contributed by atoms with Crippen molar-refractivity contribution in [2.24, 2.45) is 0 Å². The second-order valence-corrected chi connectivity index (χ2v) is 8.25. The van der Waals surface area contributed by atoms with E-state index in [9.17, 15) is 4.79 Å². The van der Waals surface area contributed by atoms with E-state index < -0.39 is 5.60 Å². The zero-order valence-corrected chi connectivity index (χ0v) is 16.0. The Balaban J connectivity index is 1.63. The van der Waals surface area contributed by atoms with Crippen molar-refractivity contribution in [1.29, 1.82) is 0 Å². The van der Waals surface area contributed by atoms with Gasteiger partial charge in [0, 0.05) is 0 Å². The molecule has 0 atom stereocenters. The minimum absolute atomic E-state index is 0.264. The van der Waals surface area contributed by atoms with Crippen molar-refractivity contribution in [3.8, 4) is 0 Å². The van der Waals surface area contributed by atoms with E-state index in [1.54, 1.807) is 0 Å². The zero-order chi connectivity index (χ0) is 18.6. The summed E-state index contributed by atoms with van der Waals surface area (Å²) in [6.07, 6.45) is 4.81. The molecule has 0 spiro atoms. The molecule has 1 saturated carbocycles.